The van der Waals surface area contributed by atoms with Gasteiger partial charge in [-0.3, -0.25) is 4.79 Å². The van der Waals surface area contributed by atoms with Crippen LogP contribution in [0, 0.1) is 6.07 Å². The quantitative estimate of drug-likeness (QED) is 0.749. The number of hydrogen-bond acceptors (Lipinski definition) is 2. The van der Waals surface area contributed by atoms with Crippen LogP contribution in [0.3, 0.4) is 0 Å². The van der Waals surface area contributed by atoms with Gasteiger partial charge >= 0.3 is 0 Å². The fourth-order valence-electron chi connectivity index (χ4n) is 1.35. The maximum absolute atomic E-state index is 11.8. The fourth-order valence-corrected chi connectivity index (χ4v) is 1.35. The number of carbonyl (C=O) groups excluding carboxylic acids is 1. The molecule has 1 amide bonds. The highest BCUT2D eigenvalue weighted by molar-refractivity contribution is 6.04. The molecule has 0 heterocycles. The Morgan fingerprint density at radius 2 is 2.12 bits per heavy atom. The number of hydrogen-bond donors (Lipinski definition) is 2. The Labute approximate surface area is 93.9 Å². The van der Waals surface area contributed by atoms with Gasteiger partial charge in [0.25, 0.3) is 5.91 Å². The van der Waals surface area contributed by atoms with Gasteiger partial charge in [0.15, 0.2) is 0 Å². The van der Waals surface area contributed by atoms with E-state index in [1.807, 2.05) is 0 Å². The smallest absolute Gasteiger partial charge is 0.255 e. The van der Waals surface area contributed by atoms with E-state index in [1.165, 1.54) is 0 Å². The average molecular weight is 211 g/mol. The zero-order chi connectivity index (χ0) is 11.4. The molecule has 3 nitrogen and oxygen atoms in total. The van der Waals surface area contributed by atoms with E-state index >= 15 is 0 Å². The maximum Gasteiger partial charge on any atom is 0.255 e. The van der Waals surface area contributed by atoms with E-state index < -0.39 is 0 Å². The van der Waals surface area contributed by atoms with Crippen molar-refractivity contribution >= 4 is 17.3 Å². The van der Waals surface area contributed by atoms with Crippen LogP contribution in [0.15, 0.2) is 48.5 Å². The summed E-state index contributed by atoms with van der Waals surface area (Å²) in [5.74, 6) is -0.164. The lowest BCUT2D eigenvalue weighted by atomic mass is 10.2. The summed E-state index contributed by atoms with van der Waals surface area (Å²) in [5.41, 5.74) is 7.50. The molecule has 79 valence electrons. The first kappa shape index (κ1) is 10.2. The Morgan fingerprint density at radius 3 is 2.81 bits per heavy atom. The Balaban J connectivity index is 2.14. The Hall–Kier alpha value is -2.29. The highest BCUT2D eigenvalue weighted by atomic mass is 16.1. The van der Waals surface area contributed by atoms with Crippen LogP contribution in [0.2, 0.25) is 0 Å². The first-order valence-corrected chi connectivity index (χ1v) is 4.89. The molecule has 0 aromatic heterocycles. The van der Waals surface area contributed by atoms with Crippen molar-refractivity contribution in [3.8, 4) is 0 Å². The van der Waals surface area contributed by atoms with E-state index in [4.69, 9.17) is 5.73 Å². The minimum absolute atomic E-state index is 0.164. The summed E-state index contributed by atoms with van der Waals surface area (Å²) < 4.78 is 0. The summed E-state index contributed by atoms with van der Waals surface area (Å²) >= 11 is 0. The van der Waals surface area contributed by atoms with Gasteiger partial charge in [-0.25, -0.2) is 0 Å². The van der Waals surface area contributed by atoms with Crippen LogP contribution in [-0.4, -0.2) is 5.91 Å². The average Bonchev–Trinajstić information content (AvgIpc) is 2.30. The second kappa shape index (κ2) is 4.49. The Kier molecular flexibility index (Phi) is 2.87. The van der Waals surface area contributed by atoms with Crippen molar-refractivity contribution in [1.82, 2.24) is 0 Å². The van der Waals surface area contributed by atoms with Gasteiger partial charge in [-0.15, -0.1) is 0 Å². The molecule has 0 aliphatic carbocycles. The predicted octanol–water partition coefficient (Wildman–Crippen LogP) is 2.32. The molecule has 1 radical (unpaired) electrons. The molecule has 0 unspecified atom stereocenters. The van der Waals surface area contributed by atoms with Crippen molar-refractivity contribution in [2.75, 3.05) is 11.1 Å². The monoisotopic (exact) mass is 211 g/mol. The third-order valence-electron chi connectivity index (χ3n) is 2.11. The molecular formula is C13H11N2O. The lowest BCUT2D eigenvalue weighted by Gasteiger charge is -2.05. The topological polar surface area (TPSA) is 55.1 Å². The molecular weight excluding hydrogens is 200 g/mol. The highest BCUT2D eigenvalue weighted by Gasteiger charge is 2.04. The number of nitrogen functional groups attached to an aromatic ring is 1. The summed E-state index contributed by atoms with van der Waals surface area (Å²) in [7, 11) is 0. The van der Waals surface area contributed by atoms with Gasteiger partial charge in [-0.1, -0.05) is 18.2 Å². The second-order valence-electron chi connectivity index (χ2n) is 3.37. The predicted molar refractivity (Wildman–Crippen MR) is 64.1 cm³/mol. The Morgan fingerprint density at radius 1 is 1.25 bits per heavy atom. The second-order valence-corrected chi connectivity index (χ2v) is 3.37. The van der Waals surface area contributed by atoms with E-state index in [0.717, 1.165) is 0 Å². The number of benzene rings is 2. The van der Waals surface area contributed by atoms with Crippen LogP contribution >= 0.6 is 0 Å². The molecule has 16 heavy (non-hydrogen) atoms. The molecule has 0 atom stereocenters. The van der Waals surface area contributed by atoms with Crippen molar-refractivity contribution in [3.05, 3.63) is 60.2 Å². The lowest BCUT2D eigenvalue weighted by molar-refractivity contribution is 0.102. The normalized spacial score (nSPS) is 9.75. The van der Waals surface area contributed by atoms with Gasteiger partial charge < -0.3 is 11.1 Å². The van der Waals surface area contributed by atoms with Gasteiger partial charge in [0, 0.05) is 16.9 Å². The van der Waals surface area contributed by atoms with Gasteiger partial charge in [-0.2, -0.15) is 0 Å². The van der Waals surface area contributed by atoms with Crippen LogP contribution in [0.1, 0.15) is 10.4 Å². The van der Waals surface area contributed by atoms with Gasteiger partial charge in [0.05, 0.1) is 0 Å². The summed E-state index contributed by atoms with van der Waals surface area (Å²) in [6.07, 6.45) is 0. The van der Waals surface area contributed by atoms with E-state index in [-0.39, 0.29) is 5.91 Å². The molecule has 0 saturated heterocycles. The first-order chi connectivity index (χ1) is 7.75. The van der Waals surface area contributed by atoms with Crippen LogP contribution in [-0.2, 0) is 0 Å². The van der Waals surface area contributed by atoms with Crippen LogP contribution in [0.4, 0.5) is 11.4 Å². The van der Waals surface area contributed by atoms with Crippen LogP contribution in [0.5, 0.6) is 0 Å². The molecule has 2 aromatic rings. The molecule has 2 aromatic carbocycles. The van der Waals surface area contributed by atoms with Crippen molar-refractivity contribution in [1.29, 1.82) is 0 Å². The summed E-state index contributed by atoms with van der Waals surface area (Å²) in [6, 6.07) is 16.8. The van der Waals surface area contributed by atoms with E-state index in [0.29, 0.717) is 16.9 Å². The Bertz CT molecular complexity index is 494. The number of rotatable bonds is 2. The molecule has 0 fully saturated rings. The van der Waals surface area contributed by atoms with Gasteiger partial charge in [0.1, 0.15) is 0 Å². The summed E-state index contributed by atoms with van der Waals surface area (Å²) in [4.78, 5) is 11.8. The molecule has 3 heteroatoms. The van der Waals surface area contributed by atoms with Crippen molar-refractivity contribution in [3.63, 3.8) is 0 Å². The minimum Gasteiger partial charge on any atom is -0.399 e. The molecule has 0 saturated carbocycles. The first-order valence-electron chi connectivity index (χ1n) is 4.89. The van der Waals surface area contributed by atoms with Crippen molar-refractivity contribution in [2.45, 2.75) is 0 Å². The molecule has 0 bridgehead atoms. The van der Waals surface area contributed by atoms with E-state index in [2.05, 4.69) is 11.4 Å². The number of amides is 1. The number of anilines is 2. The zero-order valence-electron chi connectivity index (χ0n) is 8.60. The molecule has 3 N–H and O–H groups in total. The van der Waals surface area contributed by atoms with Gasteiger partial charge in [0.2, 0.25) is 0 Å². The van der Waals surface area contributed by atoms with E-state index in [9.17, 15) is 4.79 Å². The molecule has 2 rings (SSSR count). The largest absolute Gasteiger partial charge is 0.399 e. The molecule has 0 aliphatic heterocycles. The molecule has 0 spiro atoms. The number of nitrogens with one attached hydrogen (secondary N) is 1. The number of nitrogens with two attached hydrogens (primary N) is 1. The zero-order valence-corrected chi connectivity index (χ0v) is 8.60. The van der Waals surface area contributed by atoms with Crippen molar-refractivity contribution in [2.24, 2.45) is 0 Å². The standard InChI is InChI=1S/C13H11N2O/c14-11-7-4-8-12(9-11)15-13(16)10-5-2-1-3-6-10/h1-2,4-9H,14H2,(H,15,16). The number of carbonyl (C=O) groups is 1. The lowest BCUT2D eigenvalue weighted by Crippen LogP contribution is -2.11. The third kappa shape index (κ3) is 2.39. The summed E-state index contributed by atoms with van der Waals surface area (Å²) in [6.45, 7) is 0. The van der Waals surface area contributed by atoms with Crippen LogP contribution in [0.25, 0.3) is 0 Å². The highest BCUT2D eigenvalue weighted by Crippen LogP contribution is 2.13. The minimum atomic E-state index is -0.164. The fraction of sp³-hybridized carbons (Fsp3) is 0. The summed E-state index contributed by atoms with van der Waals surface area (Å²) in [5, 5.41) is 2.76. The van der Waals surface area contributed by atoms with E-state index in [1.54, 1.807) is 48.5 Å². The van der Waals surface area contributed by atoms with Gasteiger partial charge in [-0.05, 0) is 36.4 Å². The third-order valence-corrected chi connectivity index (χ3v) is 2.11. The SMILES string of the molecule is Nc1cccc(NC(=O)c2c[c]ccc2)c1. The maximum atomic E-state index is 11.8. The van der Waals surface area contributed by atoms with Crippen molar-refractivity contribution < 1.29 is 4.79 Å². The molecule has 0 aliphatic rings. The van der Waals surface area contributed by atoms with Crippen LogP contribution < -0.4 is 11.1 Å².